The quantitative estimate of drug-likeness (QED) is 0.264. The largest absolute Gasteiger partial charge is 0.480 e. The number of hydrogen-bond donors (Lipinski definition) is 1. The molecule has 2 saturated heterocycles. The molecule has 0 spiro atoms. The average Bonchev–Trinajstić information content (AvgIpc) is 3.85. The summed E-state index contributed by atoms with van der Waals surface area (Å²) < 4.78 is 38.0. The first-order valence-corrected chi connectivity index (χ1v) is 17.6. The Hall–Kier alpha value is -5.11. The molecule has 4 aromatic heterocycles. The van der Waals surface area contributed by atoms with Gasteiger partial charge in [0.1, 0.15) is 34.7 Å². The van der Waals surface area contributed by atoms with Crippen molar-refractivity contribution < 1.29 is 33.0 Å². The number of pyridine rings is 1. The number of ether oxygens (including phenoxy) is 2. The van der Waals surface area contributed by atoms with E-state index in [0.29, 0.717) is 72.8 Å². The highest BCUT2D eigenvalue weighted by molar-refractivity contribution is 6.06. The summed E-state index contributed by atoms with van der Waals surface area (Å²) in [4.78, 5) is 43.8. The Morgan fingerprint density at radius 1 is 1.08 bits per heavy atom. The minimum Gasteiger partial charge on any atom is -0.480 e. The molecule has 0 radical (unpaired) electrons. The molecule has 14 heteroatoms. The maximum absolute atomic E-state index is 17.6. The first kappa shape index (κ1) is 33.1. The molecular weight excluding hydrogens is 657 g/mol. The molecule has 1 aromatic carbocycles. The van der Waals surface area contributed by atoms with Crippen LogP contribution in [0.1, 0.15) is 50.4 Å². The predicted molar refractivity (Wildman–Crippen MR) is 185 cm³/mol. The number of benzene rings is 1. The van der Waals surface area contributed by atoms with Crippen LogP contribution in [-0.4, -0.2) is 91.6 Å². The van der Waals surface area contributed by atoms with E-state index in [1.54, 1.807) is 32.9 Å². The van der Waals surface area contributed by atoms with Crippen molar-refractivity contribution in [2.75, 3.05) is 37.7 Å². The Labute approximate surface area is 293 Å². The molecule has 2 fully saturated rings. The van der Waals surface area contributed by atoms with Crippen LogP contribution in [0.15, 0.2) is 53.3 Å². The first-order valence-electron chi connectivity index (χ1n) is 17.6. The molecule has 51 heavy (non-hydrogen) atoms. The van der Waals surface area contributed by atoms with Crippen molar-refractivity contribution in [2.45, 2.75) is 63.3 Å². The molecule has 1 N–H and O–H groups in total. The lowest BCUT2D eigenvalue weighted by Crippen LogP contribution is -2.49. The molecule has 13 nitrogen and oxygen atoms in total. The SMILES string of the molecule is C[C@H]1CN2CC[C@]1(F)c1cc(-c3cnn(C)c3)cnc1O[C@H]1C[C@@H](C(=O)O)N(C1)c1nc(nc3c1oc1ccccc13)CCOCCCCC2=O. The number of para-hydroxylation sites is 1. The van der Waals surface area contributed by atoms with Gasteiger partial charge in [0.25, 0.3) is 0 Å². The molecule has 0 saturated carbocycles. The minimum atomic E-state index is -1.86. The number of halogens is 1. The van der Waals surface area contributed by atoms with E-state index in [0.717, 1.165) is 10.9 Å². The van der Waals surface area contributed by atoms with Gasteiger partial charge >= 0.3 is 5.97 Å². The summed E-state index contributed by atoms with van der Waals surface area (Å²) in [6.07, 6.45) is 6.76. The van der Waals surface area contributed by atoms with Gasteiger partial charge in [-0.2, -0.15) is 5.10 Å². The van der Waals surface area contributed by atoms with Crippen LogP contribution in [0.5, 0.6) is 5.88 Å². The number of rotatable bonds is 2. The van der Waals surface area contributed by atoms with Gasteiger partial charge in [0.15, 0.2) is 11.4 Å². The van der Waals surface area contributed by atoms with E-state index >= 15 is 4.39 Å². The number of carboxylic acid groups (broad SMARTS) is 1. The molecule has 0 aliphatic carbocycles. The molecule has 0 unspecified atom stereocenters. The monoisotopic (exact) mass is 697 g/mol. The van der Waals surface area contributed by atoms with Crippen molar-refractivity contribution >= 4 is 39.8 Å². The molecule has 4 atom stereocenters. The zero-order chi connectivity index (χ0) is 35.3. The lowest BCUT2D eigenvalue weighted by molar-refractivity contribution is -0.138. The molecule has 4 aliphatic rings. The second kappa shape index (κ2) is 13.2. The van der Waals surface area contributed by atoms with Crippen LogP contribution in [0.2, 0.25) is 0 Å². The van der Waals surface area contributed by atoms with E-state index < -0.39 is 29.7 Å². The lowest BCUT2D eigenvalue weighted by Gasteiger charge is -2.42. The predicted octanol–water partition coefficient (Wildman–Crippen LogP) is 5.06. The van der Waals surface area contributed by atoms with Crippen LogP contribution in [-0.2, 0) is 33.5 Å². The van der Waals surface area contributed by atoms with Gasteiger partial charge in [-0.15, -0.1) is 0 Å². The molecule has 5 aromatic rings. The van der Waals surface area contributed by atoms with Gasteiger partial charge in [-0.25, -0.2) is 24.1 Å². The van der Waals surface area contributed by atoms with E-state index in [1.165, 1.54) is 0 Å². The van der Waals surface area contributed by atoms with Crippen molar-refractivity contribution in [1.29, 1.82) is 0 Å². The second-order valence-electron chi connectivity index (χ2n) is 13.9. The van der Waals surface area contributed by atoms with Crippen molar-refractivity contribution in [3.05, 3.63) is 60.3 Å². The highest BCUT2D eigenvalue weighted by atomic mass is 19.1. The van der Waals surface area contributed by atoms with Gasteiger partial charge in [0.05, 0.1) is 24.9 Å². The standard InChI is InChI=1S/C37H40FN7O6/c1-22-19-44-12-11-37(22,38)27-15-23(24-18-40-43(2)20-24)17-39-35(27)50-25-16-28(36(47)48)45(21-25)34-33-32(26-7-3-4-8-29(26)51-33)41-30(42-34)10-14-49-13-6-5-9-31(44)46/h3-4,7-8,15,17-18,20,22,25,28H,5-6,9-14,16,19,21H2,1-2H3,(H,47,48)/t22-,25-,28-,37+/m0/s1. The van der Waals surface area contributed by atoms with Gasteiger partial charge in [0, 0.05) is 87.3 Å². The fourth-order valence-electron chi connectivity index (χ4n) is 7.65. The Bertz CT molecular complexity index is 2120. The fourth-order valence-corrected chi connectivity index (χ4v) is 7.65. The third-order valence-electron chi connectivity index (χ3n) is 10.5. The molecule has 6 bridgehead atoms. The maximum Gasteiger partial charge on any atom is 0.326 e. The van der Waals surface area contributed by atoms with E-state index in [9.17, 15) is 14.7 Å². The Morgan fingerprint density at radius 2 is 1.94 bits per heavy atom. The number of aliphatic carboxylic acids is 1. The molecule has 4 aliphatic heterocycles. The summed E-state index contributed by atoms with van der Waals surface area (Å²) in [6.45, 7) is 3.28. The van der Waals surface area contributed by atoms with Crippen LogP contribution < -0.4 is 9.64 Å². The summed E-state index contributed by atoms with van der Waals surface area (Å²) in [5, 5.41) is 15.6. The van der Waals surface area contributed by atoms with Gasteiger partial charge in [-0.05, 0) is 31.0 Å². The molecule has 9 rings (SSSR count). The minimum absolute atomic E-state index is 0.000769. The summed E-state index contributed by atoms with van der Waals surface area (Å²) in [5.74, 6) is -0.651. The first-order chi connectivity index (χ1) is 24.7. The number of nitrogens with zero attached hydrogens (tertiary/aromatic N) is 7. The van der Waals surface area contributed by atoms with Gasteiger partial charge in [-0.1, -0.05) is 19.1 Å². The number of carbonyl (C=O) groups excluding carboxylic acids is 1. The summed E-state index contributed by atoms with van der Waals surface area (Å²) in [5.41, 5.74) is 1.46. The van der Waals surface area contributed by atoms with Gasteiger partial charge in [-0.3, -0.25) is 9.48 Å². The number of carboxylic acids is 1. The highest BCUT2D eigenvalue weighted by Crippen LogP contribution is 2.46. The lowest BCUT2D eigenvalue weighted by atomic mass is 9.78. The number of aromatic nitrogens is 5. The van der Waals surface area contributed by atoms with Crippen LogP contribution in [0.25, 0.3) is 33.2 Å². The van der Waals surface area contributed by atoms with E-state index in [-0.39, 0.29) is 49.8 Å². The fraction of sp³-hybridized carbons (Fsp3) is 0.459. The molecule has 1 amide bonds. The number of hydrogen-bond acceptors (Lipinski definition) is 10. The number of furan rings is 1. The highest BCUT2D eigenvalue weighted by Gasteiger charge is 2.47. The smallest absolute Gasteiger partial charge is 0.326 e. The topological polar surface area (TPSA) is 149 Å². The zero-order valence-corrected chi connectivity index (χ0v) is 28.6. The zero-order valence-electron chi connectivity index (χ0n) is 28.6. The summed E-state index contributed by atoms with van der Waals surface area (Å²) in [6, 6.07) is 8.28. The number of anilines is 1. The van der Waals surface area contributed by atoms with Crippen molar-refractivity contribution in [3.8, 4) is 17.0 Å². The molecule has 266 valence electrons. The molecular formula is C37H40FN7O6. The number of alkyl halides is 1. The Balaban J connectivity index is 1.22. The summed E-state index contributed by atoms with van der Waals surface area (Å²) in [7, 11) is 1.81. The van der Waals surface area contributed by atoms with E-state index in [4.69, 9.17) is 23.9 Å². The number of carbonyl (C=O) groups is 2. The van der Waals surface area contributed by atoms with E-state index in [1.807, 2.05) is 44.4 Å². The second-order valence-corrected chi connectivity index (χ2v) is 13.9. The normalized spacial score (nSPS) is 24.8. The van der Waals surface area contributed by atoms with Gasteiger partial charge < -0.3 is 28.8 Å². The molecule has 8 heterocycles. The average molecular weight is 698 g/mol. The van der Waals surface area contributed by atoms with Crippen LogP contribution in [0, 0.1) is 5.92 Å². The van der Waals surface area contributed by atoms with Crippen LogP contribution >= 0.6 is 0 Å². The van der Waals surface area contributed by atoms with Crippen molar-refractivity contribution in [3.63, 3.8) is 0 Å². The van der Waals surface area contributed by atoms with Crippen molar-refractivity contribution in [2.24, 2.45) is 13.0 Å². The number of amides is 1. The van der Waals surface area contributed by atoms with Crippen LogP contribution in [0.4, 0.5) is 10.2 Å². The summed E-state index contributed by atoms with van der Waals surface area (Å²) >= 11 is 0. The number of piperidine rings is 1. The van der Waals surface area contributed by atoms with E-state index in [2.05, 4.69) is 10.1 Å². The maximum atomic E-state index is 17.6. The van der Waals surface area contributed by atoms with Crippen LogP contribution in [0.3, 0.4) is 0 Å². The Kier molecular flexibility index (Phi) is 8.57. The van der Waals surface area contributed by atoms with Crippen molar-refractivity contribution in [1.82, 2.24) is 29.6 Å². The third-order valence-corrected chi connectivity index (χ3v) is 10.5. The number of fused-ring (bicyclic) bond motifs is 12. The Morgan fingerprint density at radius 3 is 2.75 bits per heavy atom. The van der Waals surface area contributed by atoms with Gasteiger partial charge in [0.2, 0.25) is 11.8 Å². The number of aryl methyl sites for hydroxylation is 1. The third kappa shape index (κ3) is 6.15.